The van der Waals surface area contributed by atoms with E-state index in [2.05, 4.69) is 10.3 Å². The molecule has 1 N–H and O–H groups in total. The van der Waals surface area contributed by atoms with Gasteiger partial charge in [-0.2, -0.15) is 0 Å². The molecule has 1 aromatic heterocycles. The van der Waals surface area contributed by atoms with Crippen LogP contribution in [0.15, 0.2) is 66.9 Å². The van der Waals surface area contributed by atoms with Crippen LogP contribution in [-0.2, 0) is 0 Å². The smallest absolute Gasteiger partial charge is 0.321 e. The van der Waals surface area contributed by atoms with Gasteiger partial charge in [0.05, 0.1) is 12.2 Å². The van der Waals surface area contributed by atoms with Crippen molar-refractivity contribution >= 4 is 22.5 Å². The number of amides is 2. The number of ether oxygens (including phenoxy) is 1. The Labute approximate surface area is 146 Å². The molecule has 0 spiro atoms. The highest BCUT2D eigenvalue weighted by Gasteiger charge is 2.28. The molecule has 1 unspecified atom stereocenters. The van der Waals surface area contributed by atoms with Gasteiger partial charge in [0.25, 0.3) is 0 Å². The number of pyridine rings is 1. The molecular weight excluding hydrogens is 314 g/mol. The summed E-state index contributed by atoms with van der Waals surface area (Å²) in [5, 5.41) is 5.18. The van der Waals surface area contributed by atoms with Crippen molar-refractivity contribution in [3.63, 3.8) is 0 Å². The summed E-state index contributed by atoms with van der Waals surface area (Å²) >= 11 is 0. The van der Waals surface area contributed by atoms with E-state index in [0.717, 1.165) is 22.9 Å². The Morgan fingerprint density at radius 2 is 1.92 bits per heavy atom. The normalized spacial score (nSPS) is 16.8. The summed E-state index contributed by atoms with van der Waals surface area (Å²) in [6.45, 7) is 1.24. The molecule has 1 atom stereocenters. The number of carbonyl (C=O) groups is 1. The second kappa shape index (κ2) is 6.81. The zero-order valence-corrected chi connectivity index (χ0v) is 13.8. The molecule has 1 fully saturated rings. The Kier molecular flexibility index (Phi) is 4.21. The zero-order valence-electron chi connectivity index (χ0n) is 13.8. The highest BCUT2D eigenvalue weighted by molar-refractivity contribution is 6.01. The van der Waals surface area contributed by atoms with Crippen LogP contribution in [0.4, 0.5) is 10.5 Å². The SMILES string of the molecule is O=C(Nc1cccc2ccccc12)N1CCC(Oc2ccccn2)C1. The Morgan fingerprint density at radius 1 is 1.08 bits per heavy atom. The number of nitrogens with zero attached hydrogens (tertiary/aromatic N) is 2. The molecule has 0 aliphatic carbocycles. The van der Waals surface area contributed by atoms with Gasteiger partial charge >= 0.3 is 6.03 Å². The van der Waals surface area contributed by atoms with Crippen LogP contribution in [-0.4, -0.2) is 35.1 Å². The van der Waals surface area contributed by atoms with Crippen molar-refractivity contribution in [3.05, 3.63) is 66.9 Å². The second-order valence-electron chi connectivity index (χ2n) is 6.10. The lowest BCUT2D eigenvalue weighted by molar-refractivity contribution is 0.190. The summed E-state index contributed by atoms with van der Waals surface area (Å²) in [4.78, 5) is 18.6. The minimum absolute atomic E-state index is 0.0202. The quantitative estimate of drug-likeness (QED) is 0.790. The number of benzene rings is 2. The molecule has 4 rings (SSSR count). The van der Waals surface area contributed by atoms with Crippen molar-refractivity contribution < 1.29 is 9.53 Å². The standard InChI is InChI=1S/C20H19N3O2/c24-20(22-18-9-5-7-15-6-1-2-8-17(15)18)23-13-11-16(14-23)25-19-10-3-4-12-21-19/h1-10,12,16H,11,13-14H2,(H,22,24). The third-order valence-corrected chi connectivity index (χ3v) is 4.39. The number of likely N-dealkylation sites (tertiary alicyclic amines) is 1. The summed E-state index contributed by atoms with van der Waals surface area (Å²) in [6, 6.07) is 19.4. The number of aromatic nitrogens is 1. The van der Waals surface area contributed by atoms with Crippen LogP contribution in [0.1, 0.15) is 6.42 Å². The molecule has 2 heterocycles. The Bertz CT molecular complexity index is 877. The van der Waals surface area contributed by atoms with Gasteiger partial charge < -0.3 is 15.0 Å². The van der Waals surface area contributed by atoms with Gasteiger partial charge in [-0.25, -0.2) is 9.78 Å². The Hall–Kier alpha value is -3.08. The largest absolute Gasteiger partial charge is 0.472 e. The Morgan fingerprint density at radius 3 is 2.80 bits per heavy atom. The molecule has 25 heavy (non-hydrogen) atoms. The molecule has 1 saturated heterocycles. The predicted octanol–water partition coefficient (Wildman–Crippen LogP) is 3.92. The van der Waals surface area contributed by atoms with Crippen molar-refractivity contribution in [3.8, 4) is 5.88 Å². The van der Waals surface area contributed by atoms with Gasteiger partial charge in [0.1, 0.15) is 6.10 Å². The Balaban J connectivity index is 1.42. The maximum atomic E-state index is 12.6. The first-order valence-electron chi connectivity index (χ1n) is 8.41. The van der Waals surface area contributed by atoms with Gasteiger partial charge in [-0.15, -0.1) is 0 Å². The van der Waals surface area contributed by atoms with Crippen LogP contribution in [0, 0.1) is 0 Å². The number of hydrogen-bond donors (Lipinski definition) is 1. The number of fused-ring (bicyclic) bond motifs is 1. The van der Waals surface area contributed by atoms with Crippen molar-refractivity contribution in [2.45, 2.75) is 12.5 Å². The number of carbonyl (C=O) groups excluding carboxylic acids is 1. The van der Waals surface area contributed by atoms with Crippen molar-refractivity contribution in [2.24, 2.45) is 0 Å². The highest BCUT2D eigenvalue weighted by Crippen LogP contribution is 2.24. The van der Waals surface area contributed by atoms with E-state index in [9.17, 15) is 4.79 Å². The fraction of sp³-hybridized carbons (Fsp3) is 0.200. The molecule has 1 aliphatic heterocycles. The summed E-state index contributed by atoms with van der Waals surface area (Å²) in [5.41, 5.74) is 0.831. The zero-order chi connectivity index (χ0) is 17.1. The van der Waals surface area contributed by atoms with E-state index in [1.165, 1.54) is 0 Å². The summed E-state index contributed by atoms with van der Waals surface area (Å²) in [5.74, 6) is 0.601. The van der Waals surface area contributed by atoms with Crippen LogP contribution in [0.3, 0.4) is 0 Å². The van der Waals surface area contributed by atoms with Gasteiger partial charge in [0.15, 0.2) is 0 Å². The van der Waals surface area contributed by atoms with Crippen LogP contribution >= 0.6 is 0 Å². The molecule has 0 saturated carbocycles. The molecule has 5 heteroatoms. The monoisotopic (exact) mass is 333 g/mol. The lowest BCUT2D eigenvalue weighted by Crippen LogP contribution is -2.34. The maximum Gasteiger partial charge on any atom is 0.321 e. The second-order valence-corrected chi connectivity index (χ2v) is 6.10. The molecule has 1 aliphatic rings. The van der Waals surface area contributed by atoms with E-state index in [1.807, 2.05) is 60.7 Å². The fourth-order valence-corrected chi connectivity index (χ4v) is 3.13. The minimum Gasteiger partial charge on any atom is -0.472 e. The fourth-order valence-electron chi connectivity index (χ4n) is 3.13. The summed E-state index contributed by atoms with van der Waals surface area (Å²) < 4.78 is 5.84. The number of rotatable bonds is 3. The van der Waals surface area contributed by atoms with Gasteiger partial charge in [-0.05, 0) is 17.5 Å². The first-order valence-corrected chi connectivity index (χ1v) is 8.41. The third kappa shape index (κ3) is 3.40. The van der Waals surface area contributed by atoms with Crippen molar-refractivity contribution in [1.82, 2.24) is 9.88 Å². The molecule has 126 valence electrons. The van der Waals surface area contributed by atoms with E-state index >= 15 is 0 Å². The molecule has 0 bridgehead atoms. The van der Waals surface area contributed by atoms with E-state index in [4.69, 9.17) is 4.74 Å². The van der Waals surface area contributed by atoms with E-state index in [1.54, 1.807) is 11.1 Å². The lowest BCUT2D eigenvalue weighted by atomic mass is 10.1. The molecular formula is C20H19N3O2. The molecule has 2 aromatic carbocycles. The van der Waals surface area contributed by atoms with Crippen LogP contribution in [0.5, 0.6) is 5.88 Å². The van der Waals surface area contributed by atoms with E-state index < -0.39 is 0 Å². The van der Waals surface area contributed by atoms with Gasteiger partial charge in [0.2, 0.25) is 5.88 Å². The van der Waals surface area contributed by atoms with Crippen LogP contribution in [0.25, 0.3) is 10.8 Å². The summed E-state index contributed by atoms with van der Waals surface area (Å²) in [6.07, 6.45) is 2.49. The predicted molar refractivity (Wildman–Crippen MR) is 97.8 cm³/mol. The number of nitrogens with one attached hydrogen (secondary N) is 1. The first-order chi connectivity index (χ1) is 12.3. The average Bonchev–Trinajstić information content (AvgIpc) is 3.11. The van der Waals surface area contributed by atoms with Crippen molar-refractivity contribution in [1.29, 1.82) is 0 Å². The lowest BCUT2D eigenvalue weighted by Gasteiger charge is -2.18. The number of anilines is 1. The maximum absolute atomic E-state index is 12.6. The van der Waals surface area contributed by atoms with Crippen LogP contribution in [0.2, 0.25) is 0 Å². The average molecular weight is 333 g/mol. The van der Waals surface area contributed by atoms with Crippen LogP contribution < -0.4 is 10.1 Å². The van der Waals surface area contributed by atoms with Gasteiger partial charge in [0, 0.05) is 30.6 Å². The highest BCUT2D eigenvalue weighted by atomic mass is 16.5. The molecule has 2 amide bonds. The van der Waals surface area contributed by atoms with Crippen molar-refractivity contribution in [2.75, 3.05) is 18.4 Å². The van der Waals surface area contributed by atoms with Gasteiger partial charge in [-0.3, -0.25) is 0 Å². The topological polar surface area (TPSA) is 54.5 Å². The first kappa shape index (κ1) is 15.4. The molecule has 3 aromatic rings. The number of hydrogen-bond acceptors (Lipinski definition) is 3. The molecule has 0 radical (unpaired) electrons. The third-order valence-electron chi connectivity index (χ3n) is 4.39. The van der Waals surface area contributed by atoms with E-state index in [0.29, 0.717) is 19.0 Å². The van der Waals surface area contributed by atoms with E-state index in [-0.39, 0.29) is 12.1 Å². The summed E-state index contributed by atoms with van der Waals surface area (Å²) in [7, 11) is 0. The van der Waals surface area contributed by atoms with Gasteiger partial charge in [-0.1, -0.05) is 42.5 Å². The minimum atomic E-state index is -0.0940. The number of urea groups is 1. The molecule has 5 nitrogen and oxygen atoms in total.